The van der Waals surface area contributed by atoms with Crippen LogP contribution in [0.5, 0.6) is 0 Å². The Morgan fingerprint density at radius 2 is 0.566 bits per heavy atom. The van der Waals surface area contributed by atoms with Crippen LogP contribution in [-0.4, -0.2) is 46.3 Å². The lowest BCUT2D eigenvalue weighted by Crippen LogP contribution is -2.18. The smallest absolute Gasteiger partial charge is 0.306 e. The van der Waals surface area contributed by atoms with Gasteiger partial charge in [0.1, 0.15) is 12.2 Å². The average Bonchev–Trinajstić information content (AvgIpc) is 3.12. The summed E-state index contributed by atoms with van der Waals surface area (Å²) in [7, 11) is 0. The zero-order valence-corrected chi connectivity index (χ0v) is 34.7. The highest BCUT2D eigenvalue weighted by atomic mass is 16.5. The summed E-state index contributed by atoms with van der Waals surface area (Å²) in [6, 6.07) is 0. The maximum absolute atomic E-state index is 12.7. The maximum Gasteiger partial charge on any atom is 0.306 e. The summed E-state index contributed by atoms with van der Waals surface area (Å²) < 4.78 is 11.9. The molecule has 0 spiro atoms. The Kier molecular flexibility index (Phi) is 38.0. The fraction of sp³-hybridized carbons (Fsp3) is 0.911. The minimum atomic E-state index is -0.700. The molecule has 0 amide bonds. The van der Waals surface area contributed by atoms with E-state index in [0.717, 1.165) is 135 Å². The van der Waals surface area contributed by atoms with Crippen LogP contribution in [0.2, 0.25) is 0 Å². The highest BCUT2D eigenvalue weighted by Crippen LogP contribution is 2.20. The fourth-order valence-electron chi connectivity index (χ4n) is 7.10. The van der Waals surface area contributed by atoms with Gasteiger partial charge in [-0.25, -0.2) is 0 Å². The van der Waals surface area contributed by atoms with Gasteiger partial charge in [-0.1, -0.05) is 149 Å². The Morgan fingerprint density at radius 1 is 0.340 bits per heavy atom. The van der Waals surface area contributed by atoms with Gasteiger partial charge in [0.05, 0.1) is 0 Å². The van der Waals surface area contributed by atoms with E-state index in [4.69, 9.17) is 19.7 Å². The Labute approximate surface area is 325 Å². The van der Waals surface area contributed by atoms with E-state index >= 15 is 0 Å². The number of hydrogen-bond acceptors (Lipinski definition) is 6. The van der Waals surface area contributed by atoms with Gasteiger partial charge >= 0.3 is 23.9 Å². The normalized spacial score (nSPS) is 12.4. The number of carbonyl (C=O) groups excluding carboxylic acids is 2. The molecule has 0 aromatic heterocycles. The van der Waals surface area contributed by atoms with Gasteiger partial charge in [0.2, 0.25) is 0 Å². The van der Waals surface area contributed by atoms with E-state index in [2.05, 4.69) is 13.8 Å². The fourth-order valence-corrected chi connectivity index (χ4v) is 7.10. The first-order valence-corrected chi connectivity index (χ1v) is 22.6. The summed E-state index contributed by atoms with van der Waals surface area (Å²) in [5, 5.41) is 17.5. The molecule has 0 saturated heterocycles. The number of hydrogen-bond donors (Lipinski definition) is 2. The molecule has 0 aliphatic heterocycles. The van der Waals surface area contributed by atoms with E-state index < -0.39 is 11.9 Å². The third kappa shape index (κ3) is 39.4. The standard InChI is InChI=1S/C45H84O8/c1-3-5-7-24-32-40(34-26-18-13-9-11-15-20-28-36-42(46)47)52-44(50)38-30-22-17-23-31-39-45(51)53-41(33-25-8-6-4-2)35-27-19-14-10-12-16-21-29-37-43(48)49/h40-41H,3-39H2,1-2H3,(H,46,47)(H,48,49). The molecule has 0 heterocycles. The van der Waals surface area contributed by atoms with E-state index in [1.807, 2.05) is 0 Å². The van der Waals surface area contributed by atoms with Crippen LogP contribution in [0.3, 0.4) is 0 Å². The Bertz CT molecular complexity index is 791. The molecular weight excluding hydrogens is 668 g/mol. The number of carboxylic acids is 2. The second-order valence-corrected chi connectivity index (χ2v) is 15.7. The first-order valence-electron chi connectivity index (χ1n) is 22.6. The largest absolute Gasteiger partial charge is 0.481 e. The van der Waals surface area contributed by atoms with Gasteiger partial charge < -0.3 is 19.7 Å². The van der Waals surface area contributed by atoms with Crippen molar-refractivity contribution in [2.24, 2.45) is 0 Å². The van der Waals surface area contributed by atoms with Gasteiger partial charge in [0.15, 0.2) is 0 Å². The van der Waals surface area contributed by atoms with Crippen LogP contribution in [0.4, 0.5) is 0 Å². The zero-order chi connectivity index (χ0) is 39.0. The molecule has 0 saturated carbocycles. The molecule has 53 heavy (non-hydrogen) atoms. The molecule has 2 atom stereocenters. The number of carbonyl (C=O) groups is 4. The van der Waals surface area contributed by atoms with Gasteiger partial charge in [0.25, 0.3) is 0 Å². The predicted molar refractivity (Wildman–Crippen MR) is 217 cm³/mol. The molecule has 0 aliphatic rings. The molecule has 8 heteroatoms. The molecule has 0 bridgehead atoms. The summed E-state index contributed by atoms with van der Waals surface area (Å²) in [5.74, 6) is -1.52. The van der Waals surface area contributed by atoms with Gasteiger partial charge in [0, 0.05) is 25.7 Å². The van der Waals surface area contributed by atoms with E-state index in [1.54, 1.807) is 0 Å². The summed E-state index contributed by atoms with van der Waals surface area (Å²) in [6.07, 6.45) is 36.9. The summed E-state index contributed by atoms with van der Waals surface area (Å²) >= 11 is 0. The lowest BCUT2D eigenvalue weighted by atomic mass is 10.0. The van der Waals surface area contributed by atoms with E-state index in [-0.39, 0.29) is 37.0 Å². The Balaban J connectivity index is 4.20. The maximum atomic E-state index is 12.7. The lowest BCUT2D eigenvalue weighted by molar-refractivity contribution is -0.150. The number of ether oxygens (including phenoxy) is 2. The van der Waals surface area contributed by atoms with Crippen molar-refractivity contribution >= 4 is 23.9 Å². The van der Waals surface area contributed by atoms with Crippen molar-refractivity contribution in [3.05, 3.63) is 0 Å². The van der Waals surface area contributed by atoms with Gasteiger partial charge in [-0.15, -0.1) is 0 Å². The number of unbranched alkanes of at least 4 members (excludes halogenated alkanes) is 24. The van der Waals surface area contributed by atoms with Crippen LogP contribution in [0.15, 0.2) is 0 Å². The minimum absolute atomic E-state index is 0.0324. The van der Waals surface area contributed by atoms with Crippen LogP contribution in [0.25, 0.3) is 0 Å². The summed E-state index contributed by atoms with van der Waals surface area (Å²) in [5.41, 5.74) is 0. The van der Waals surface area contributed by atoms with Gasteiger partial charge in [-0.05, 0) is 77.0 Å². The van der Waals surface area contributed by atoms with Crippen molar-refractivity contribution < 1.29 is 38.9 Å². The van der Waals surface area contributed by atoms with Crippen molar-refractivity contribution in [2.75, 3.05) is 0 Å². The number of carboxylic acid groups (broad SMARTS) is 2. The summed E-state index contributed by atoms with van der Waals surface area (Å²) in [6.45, 7) is 4.43. The third-order valence-electron chi connectivity index (χ3n) is 10.5. The van der Waals surface area contributed by atoms with Crippen molar-refractivity contribution in [3.63, 3.8) is 0 Å². The van der Waals surface area contributed by atoms with Crippen LogP contribution >= 0.6 is 0 Å². The number of esters is 2. The minimum Gasteiger partial charge on any atom is -0.481 e. The quantitative estimate of drug-likeness (QED) is 0.0466. The van der Waals surface area contributed by atoms with Crippen molar-refractivity contribution in [3.8, 4) is 0 Å². The predicted octanol–water partition coefficient (Wildman–Crippen LogP) is 13.5. The molecule has 2 unspecified atom stereocenters. The average molecular weight is 753 g/mol. The molecule has 0 aromatic carbocycles. The molecule has 0 aliphatic carbocycles. The lowest BCUT2D eigenvalue weighted by Gasteiger charge is -2.18. The Morgan fingerprint density at radius 3 is 0.830 bits per heavy atom. The van der Waals surface area contributed by atoms with Crippen LogP contribution in [0.1, 0.15) is 251 Å². The molecule has 0 radical (unpaired) electrons. The molecule has 312 valence electrons. The third-order valence-corrected chi connectivity index (χ3v) is 10.5. The molecule has 8 nitrogen and oxygen atoms in total. The zero-order valence-electron chi connectivity index (χ0n) is 34.7. The van der Waals surface area contributed by atoms with Gasteiger partial charge in [-0.2, -0.15) is 0 Å². The van der Waals surface area contributed by atoms with Crippen molar-refractivity contribution in [1.29, 1.82) is 0 Å². The molecular formula is C45H84O8. The van der Waals surface area contributed by atoms with Crippen molar-refractivity contribution in [1.82, 2.24) is 0 Å². The molecule has 0 rings (SSSR count). The topological polar surface area (TPSA) is 127 Å². The van der Waals surface area contributed by atoms with Crippen LogP contribution in [0, 0.1) is 0 Å². The number of rotatable bonds is 42. The van der Waals surface area contributed by atoms with E-state index in [9.17, 15) is 19.2 Å². The van der Waals surface area contributed by atoms with Crippen molar-refractivity contribution in [2.45, 2.75) is 264 Å². The SMILES string of the molecule is CCCCCCC(CCCCCCCCCCC(=O)O)OC(=O)CCCCCCCC(=O)OC(CCCCCC)CCCCCCCCCCC(=O)O. The second-order valence-electron chi connectivity index (χ2n) is 15.7. The molecule has 0 aromatic rings. The first-order chi connectivity index (χ1) is 25.8. The molecule has 0 fully saturated rings. The monoisotopic (exact) mass is 753 g/mol. The van der Waals surface area contributed by atoms with Gasteiger partial charge in [-0.3, -0.25) is 19.2 Å². The second kappa shape index (κ2) is 39.6. The van der Waals surface area contributed by atoms with E-state index in [0.29, 0.717) is 12.8 Å². The first kappa shape index (κ1) is 50.9. The number of aliphatic carboxylic acids is 2. The molecule has 2 N–H and O–H groups in total. The van der Waals surface area contributed by atoms with Crippen LogP contribution in [-0.2, 0) is 28.7 Å². The summed E-state index contributed by atoms with van der Waals surface area (Å²) in [4.78, 5) is 46.6. The van der Waals surface area contributed by atoms with E-state index in [1.165, 1.54) is 77.0 Å². The highest BCUT2D eigenvalue weighted by Gasteiger charge is 2.16. The highest BCUT2D eigenvalue weighted by molar-refractivity contribution is 5.70. The van der Waals surface area contributed by atoms with Crippen LogP contribution < -0.4 is 0 Å². The Hall–Kier alpha value is -2.12.